The monoisotopic (exact) mass is 822 g/mol. The molecule has 56 heavy (non-hydrogen) atoms. The summed E-state index contributed by atoms with van der Waals surface area (Å²) >= 11 is 0. The first-order valence-electron chi connectivity index (χ1n) is 18.1. The Morgan fingerprint density at radius 3 is 2.45 bits per heavy atom. The van der Waals surface area contributed by atoms with Crippen molar-refractivity contribution in [1.82, 2.24) is 24.7 Å². The van der Waals surface area contributed by atoms with Crippen LogP contribution in [0.2, 0.25) is 0 Å². The molecule has 1 fully saturated rings. The maximum Gasteiger partial charge on any atom is 0.323 e. The molecule has 2 aliphatic heterocycles. The van der Waals surface area contributed by atoms with Crippen LogP contribution in [-0.4, -0.2) is 108 Å². The Morgan fingerprint density at radius 2 is 1.75 bits per heavy atom. The second-order valence-electron chi connectivity index (χ2n) is 15.1. The van der Waals surface area contributed by atoms with E-state index in [2.05, 4.69) is 39.1 Å². The number of hydrogen-bond donors (Lipinski definition) is 3. The predicted octanol–water partition coefficient (Wildman–Crippen LogP) is 4.60. The molecule has 2 aromatic carbocycles. The van der Waals surface area contributed by atoms with Gasteiger partial charge >= 0.3 is 6.01 Å². The van der Waals surface area contributed by atoms with Gasteiger partial charge in [-0.15, -0.1) is 0 Å². The molecule has 0 amide bonds. The average Bonchev–Trinajstić information content (AvgIpc) is 3.44. The molecule has 3 unspecified atom stereocenters. The topological polar surface area (TPSA) is 173 Å². The molecule has 6 rings (SSSR count). The predicted molar refractivity (Wildman–Crippen MR) is 223 cm³/mol. The summed E-state index contributed by atoms with van der Waals surface area (Å²) in [5.74, 6) is 1.57. The largest absolute Gasteiger partial charge is 0.455 e. The molecule has 4 aromatic rings. The molecule has 2 aromatic heterocycles. The Balaban J connectivity index is 1.41. The lowest BCUT2D eigenvalue weighted by atomic mass is 9.98. The molecule has 4 heterocycles. The first-order chi connectivity index (χ1) is 26.3. The van der Waals surface area contributed by atoms with Crippen molar-refractivity contribution in [3.8, 4) is 17.5 Å². The van der Waals surface area contributed by atoms with Gasteiger partial charge in [0.25, 0.3) is 5.27 Å². The molecular weight excluding hydrogens is 773 g/mol. The van der Waals surface area contributed by atoms with Crippen molar-refractivity contribution in [2.75, 3.05) is 61.2 Å². The number of benzene rings is 2. The van der Waals surface area contributed by atoms with Crippen LogP contribution in [0.3, 0.4) is 0 Å². The number of aliphatic hydroxyl groups is 1. The first-order valence-corrected chi connectivity index (χ1v) is 21.2. The number of anilines is 4. The highest BCUT2D eigenvalue weighted by molar-refractivity contribution is 7.90. The van der Waals surface area contributed by atoms with Gasteiger partial charge in [0.05, 0.1) is 40.2 Å². The van der Waals surface area contributed by atoms with E-state index in [9.17, 15) is 13.5 Å². The number of fused-ring (bicyclic) bond motifs is 1. The number of sulfone groups is 1. The van der Waals surface area contributed by atoms with E-state index in [1.54, 1.807) is 17.1 Å². The third-order valence-corrected chi connectivity index (χ3v) is 10.8. The van der Waals surface area contributed by atoms with Gasteiger partial charge in [0.2, 0.25) is 11.9 Å². The zero-order valence-corrected chi connectivity index (χ0v) is 35.6. The summed E-state index contributed by atoms with van der Waals surface area (Å²) in [6, 6.07) is 13.7. The molecule has 2 aliphatic rings. The Hall–Kier alpha value is -3.85. The number of para-hydroxylation sites is 1. The van der Waals surface area contributed by atoms with E-state index in [4.69, 9.17) is 36.9 Å². The number of nitrogens with zero attached hydrogens (tertiary/aromatic N) is 6. The molecule has 19 heteroatoms. The van der Waals surface area contributed by atoms with Gasteiger partial charge < -0.3 is 44.4 Å². The average molecular weight is 823 g/mol. The lowest BCUT2D eigenvalue weighted by Gasteiger charge is -2.34. The van der Waals surface area contributed by atoms with Crippen molar-refractivity contribution in [3.63, 3.8) is 0 Å². The Bertz CT molecular complexity index is 2160. The highest BCUT2D eigenvalue weighted by Gasteiger charge is 2.37. The number of aryl methyl sites for hydroxylation is 1. The van der Waals surface area contributed by atoms with E-state index >= 15 is 0 Å². The molecule has 1 saturated heterocycles. The summed E-state index contributed by atoms with van der Waals surface area (Å²) in [4.78, 5) is 22.7. The van der Waals surface area contributed by atoms with Crippen LogP contribution < -0.4 is 29.7 Å². The van der Waals surface area contributed by atoms with Crippen LogP contribution in [0.5, 0.6) is 17.5 Å². The van der Waals surface area contributed by atoms with Crippen LogP contribution in [0.1, 0.15) is 57.0 Å². The van der Waals surface area contributed by atoms with Crippen molar-refractivity contribution in [3.05, 3.63) is 71.5 Å². The van der Waals surface area contributed by atoms with Crippen molar-refractivity contribution in [1.29, 1.82) is 0 Å². The van der Waals surface area contributed by atoms with Gasteiger partial charge in [-0.25, -0.2) is 8.42 Å². The second kappa shape index (κ2) is 16.6. The fraction of sp³-hybridized carbons (Fsp3) is 0.459. The summed E-state index contributed by atoms with van der Waals surface area (Å²) < 4.78 is 50.6. The minimum atomic E-state index is -3.63. The lowest BCUT2D eigenvalue weighted by Crippen LogP contribution is -2.46. The molecule has 3 atom stereocenters. The van der Waals surface area contributed by atoms with E-state index in [0.717, 1.165) is 23.1 Å². The minimum Gasteiger partial charge on any atom is -0.455 e. The van der Waals surface area contributed by atoms with E-state index in [0.29, 0.717) is 61.4 Å². The van der Waals surface area contributed by atoms with Crippen LogP contribution in [0.15, 0.2) is 59.6 Å². The number of rotatable bonds is 15. The number of aromatic nitrogens is 4. The number of piperazine rings is 1. The molecule has 0 bridgehead atoms. The quantitative estimate of drug-likeness (QED) is 0.112. The molecule has 298 valence electrons. The van der Waals surface area contributed by atoms with Crippen molar-refractivity contribution in [2.45, 2.75) is 68.4 Å². The molecule has 0 aliphatic carbocycles. The zero-order chi connectivity index (χ0) is 40.5. The summed E-state index contributed by atoms with van der Waals surface area (Å²) in [5, 5.41) is 15.3. The Labute approximate surface area is 334 Å². The van der Waals surface area contributed by atoms with Gasteiger partial charge in [0, 0.05) is 50.8 Å². The lowest BCUT2D eigenvalue weighted by molar-refractivity contribution is -0.0911. The number of nitrogens with one attached hydrogen (secondary N) is 2. The molecular formula is C37H49BN8O7P2S. The normalized spacial score (nSPS) is 16.4. The van der Waals surface area contributed by atoms with Crippen molar-refractivity contribution < 1.29 is 32.5 Å². The van der Waals surface area contributed by atoms with Crippen LogP contribution in [0.4, 0.5) is 23.3 Å². The van der Waals surface area contributed by atoms with Gasteiger partial charge in [0.15, 0.2) is 29.3 Å². The van der Waals surface area contributed by atoms with E-state index in [-0.39, 0.29) is 30.1 Å². The van der Waals surface area contributed by atoms with Gasteiger partial charge in [-0.1, -0.05) is 18.2 Å². The molecule has 2 radical (unpaired) electrons. The van der Waals surface area contributed by atoms with Crippen LogP contribution in [0, 0.1) is 6.92 Å². The standard InChI is InChI=1S/C37H49BN8O7P2S/c1-23-9-8-15-39-29(23)30(25-10-7-11-28-31(25)52-37(54,55)51-28)40-26-13-12-24(56(6,48)49)21-27(26)41-32-42-33(45-16-18-46(38)19-17-45)44-34(43-32)53-36(4,5)22-50-35(2,3)14-20-47/h7-13,15,21,30,40,47H,14,16-20,22,54-55H2,1-6H3,(H,41,42,43,44). The third-order valence-electron chi connectivity index (χ3n) is 9.23. The molecule has 15 nitrogen and oxygen atoms in total. The van der Waals surface area contributed by atoms with E-state index in [1.165, 1.54) is 12.1 Å². The van der Waals surface area contributed by atoms with Crippen LogP contribution in [-0.2, 0) is 14.6 Å². The van der Waals surface area contributed by atoms with E-state index in [1.807, 2.05) is 69.9 Å². The van der Waals surface area contributed by atoms with Crippen LogP contribution in [0.25, 0.3) is 0 Å². The minimum absolute atomic E-state index is 0.0119. The Kier molecular flexibility index (Phi) is 12.4. The molecule has 3 N–H and O–H groups in total. The second-order valence-corrected chi connectivity index (χ2v) is 19.4. The maximum absolute atomic E-state index is 12.9. The SMILES string of the molecule is [B]N1CCN(c2nc(Nc3cc(S(C)(=O)=O)ccc3NC(c3cccc4c3OC(P)(P)O4)c3ncccc3C)nc(OC(C)(C)COC(C)(C)CCO)n2)CC1. The number of aliphatic hydroxyl groups excluding tert-OH is 1. The molecule has 0 spiro atoms. The first kappa shape index (κ1) is 41.8. The number of hydrogen-bond acceptors (Lipinski definition) is 15. The summed E-state index contributed by atoms with van der Waals surface area (Å²) in [5.41, 5.74) is 1.80. The number of ether oxygens (including phenoxy) is 4. The summed E-state index contributed by atoms with van der Waals surface area (Å²) in [6.07, 6.45) is 3.32. The van der Waals surface area contributed by atoms with Crippen LogP contribution >= 0.6 is 18.5 Å². The third kappa shape index (κ3) is 10.4. The van der Waals surface area contributed by atoms with Gasteiger partial charge in [-0.2, -0.15) is 15.0 Å². The van der Waals surface area contributed by atoms with Crippen molar-refractivity contribution in [2.24, 2.45) is 0 Å². The number of pyridine rings is 1. The molecule has 0 saturated carbocycles. The highest BCUT2D eigenvalue weighted by atomic mass is 32.2. The fourth-order valence-corrected chi connectivity index (χ4v) is 7.29. The summed E-state index contributed by atoms with van der Waals surface area (Å²) in [6.45, 7) is 12.0. The van der Waals surface area contributed by atoms with Gasteiger partial charge in [-0.3, -0.25) is 4.98 Å². The summed E-state index contributed by atoms with van der Waals surface area (Å²) in [7, 11) is 7.52. The van der Waals surface area contributed by atoms with Crippen molar-refractivity contribution >= 4 is 59.6 Å². The maximum atomic E-state index is 12.9. The van der Waals surface area contributed by atoms with Gasteiger partial charge in [-0.05, 0) is 95.4 Å². The Morgan fingerprint density at radius 1 is 1.00 bits per heavy atom. The zero-order valence-electron chi connectivity index (χ0n) is 32.4. The highest BCUT2D eigenvalue weighted by Crippen LogP contribution is 2.50. The van der Waals surface area contributed by atoms with E-state index < -0.39 is 32.4 Å². The smallest absolute Gasteiger partial charge is 0.323 e. The fourth-order valence-electron chi connectivity index (χ4n) is 6.15. The van der Waals surface area contributed by atoms with Gasteiger partial charge in [0.1, 0.15) is 5.60 Å².